The van der Waals surface area contributed by atoms with E-state index in [2.05, 4.69) is 0 Å². The molecule has 0 amide bonds. The van der Waals surface area contributed by atoms with Gasteiger partial charge < -0.3 is 5.11 Å². The van der Waals surface area contributed by atoms with Crippen LogP contribution in [-0.2, 0) is 15.0 Å². The number of nitriles is 1. The highest BCUT2D eigenvalue weighted by molar-refractivity contribution is 7.86. The molecule has 0 bridgehead atoms. The first kappa shape index (κ1) is 15.8. The summed E-state index contributed by atoms with van der Waals surface area (Å²) >= 11 is 0. The Bertz CT molecular complexity index is 401. The number of nitrogens with zero attached hydrogens (tertiary/aromatic N) is 3. The van der Waals surface area contributed by atoms with Gasteiger partial charge in [-0.1, -0.05) is 6.92 Å². The van der Waals surface area contributed by atoms with Crippen molar-refractivity contribution in [1.29, 1.82) is 5.26 Å². The maximum Gasteiger partial charge on any atom is 0.321 e. The Balaban J connectivity index is 4.97. The molecule has 17 heavy (non-hydrogen) atoms. The van der Waals surface area contributed by atoms with E-state index in [0.29, 0.717) is 0 Å². The maximum absolute atomic E-state index is 12.0. The molecule has 1 unspecified atom stereocenters. The Morgan fingerprint density at radius 3 is 2.41 bits per heavy atom. The lowest BCUT2D eigenvalue weighted by atomic mass is 10.4. The van der Waals surface area contributed by atoms with E-state index < -0.39 is 22.2 Å². The van der Waals surface area contributed by atoms with E-state index in [4.69, 9.17) is 10.4 Å². The van der Waals surface area contributed by atoms with Crippen molar-refractivity contribution in [2.24, 2.45) is 0 Å². The Morgan fingerprint density at radius 1 is 1.53 bits per heavy atom. The molecular formula is C9H17N3O4S. The lowest BCUT2D eigenvalue weighted by molar-refractivity contribution is -0.140. The summed E-state index contributed by atoms with van der Waals surface area (Å²) in [6.45, 7) is 3.18. The van der Waals surface area contributed by atoms with Crippen molar-refractivity contribution < 1.29 is 18.3 Å². The molecule has 7 nitrogen and oxygen atoms in total. The average molecular weight is 263 g/mol. The first-order chi connectivity index (χ1) is 7.78. The molecule has 0 spiro atoms. The van der Waals surface area contributed by atoms with E-state index in [9.17, 15) is 13.2 Å². The van der Waals surface area contributed by atoms with E-state index in [1.807, 2.05) is 6.07 Å². The number of likely N-dealkylation sites (N-methyl/N-ethyl adjacent to an activating group) is 1. The van der Waals surface area contributed by atoms with Crippen molar-refractivity contribution in [2.45, 2.75) is 26.3 Å². The number of carboxylic acids is 1. The average Bonchev–Trinajstić information content (AvgIpc) is 2.27. The third-order valence-corrected chi connectivity index (χ3v) is 4.56. The van der Waals surface area contributed by atoms with Crippen molar-refractivity contribution in [3.8, 4) is 6.07 Å². The number of hydrogen-bond donors (Lipinski definition) is 1. The normalized spacial score (nSPS) is 13.6. The van der Waals surface area contributed by atoms with E-state index >= 15 is 0 Å². The summed E-state index contributed by atoms with van der Waals surface area (Å²) in [4.78, 5) is 10.7. The largest absolute Gasteiger partial charge is 0.480 e. The summed E-state index contributed by atoms with van der Waals surface area (Å²) in [5, 5.41) is 17.2. The molecule has 1 N–H and O–H groups in total. The topological polar surface area (TPSA) is 102 Å². The molecule has 1 atom stereocenters. The van der Waals surface area contributed by atoms with Gasteiger partial charge in [0, 0.05) is 26.6 Å². The Morgan fingerprint density at radius 2 is 2.06 bits per heavy atom. The number of carboxylic acid groups (broad SMARTS) is 1. The molecule has 0 aromatic heterocycles. The number of hydrogen-bond acceptors (Lipinski definition) is 4. The van der Waals surface area contributed by atoms with Crippen LogP contribution >= 0.6 is 0 Å². The predicted molar refractivity (Wildman–Crippen MR) is 61.3 cm³/mol. The molecule has 98 valence electrons. The summed E-state index contributed by atoms with van der Waals surface area (Å²) in [6.07, 6.45) is 0.0718. The fourth-order valence-corrected chi connectivity index (χ4v) is 2.65. The van der Waals surface area contributed by atoms with E-state index in [1.54, 1.807) is 6.92 Å². The first-order valence-corrected chi connectivity index (χ1v) is 6.51. The van der Waals surface area contributed by atoms with Gasteiger partial charge in [0.2, 0.25) is 0 Å². The molecule has 0 aliphatic carbocycles. The third-order valence-electron chi connectivity index (χ3n) is 2.42. The van der Waals surface area contributed by atoms with Gasteiger partial charge in [-0.15, -0.1) is 0 Å². The van der Waals surface area contributed by atoms with Crippen molar-refractivity contribution >= 4 is 16.2 Å². The summed E-state index contributed by atoms with van der Waals surface area (Å²) in [5.41, 5.74) is 0. The van der Waals surface area contributed by atoms with Gasteiger partial charge in [-0.05, 0) is 6.92 Å². The van der Waals surface area contributed by atoms with Crippen molar-refractivity contribution in [2.75, 3.05) is 20.1 Å². The molecule has 8 heteroatoms. The van der Waals surface area contributed by atoms with Crippen molar-refractivity contribution in [3.63, 3.8) is 0 Å². The molecule has 0 radical (unpaired) electrons. The van der Waals surface area contributed by atoms with Crippen LogP contribution in [0.5, 0.6) is 0 Å². The van der Waals surface area contributed by atoms with Gasteiger partial charge in [0.25, 0.3) is 10.2 Å². The number of rotatable bonds is 7. The Kier molecular flexibility index (Phi) is 6.09. The van der Waals surface area contributed by atoms with Crippen LogP contribution in [0.4, 0.5) is 0 Å². The zero-order valence-corrected chi connectivity index (χ0v) is 10.9. The third kappa shape index (κ3) is 3.96. The van der Waals surface area contributed by atoms with Crippen LogP contribution in [0.2, 0.25) is 0 Å². The van der Waals surface area contributed by atoms with Crippen LogP contribution in [0.1, 0.15) is 20.3 Å². The molecular weight excluding hydrogens is 246 g/mol. The van der Waals surface area contributed by atoms with Crippen LogP contribution in [0, 0.1) is 11.3 Å². The quantitative estimate of drug-likeness (QED) is 0.689. The van der Waals surface area contributed by atoms with Crippen LogP contribution < -0.4 is 0 Å². The van der Waals surface area contributed by atoms with Crippen LogP contribution in [-0.4, -0.2) is 54.3 Å². The van der Waals surface area contributed by atoms with Gasteiger partial charge in [0.05, 0.1) is 6.07 Å². The fraction of sp³-hybridized carbons (Fsp3) is 0.778. The summed E-state index contributed by atoms with van der Waals surface area (Å²) in [6, 6.07) is 0.712. The highest BCUT2D eigenvalue weighted by Crippen LogP contribution is 2.10. The highest BCUT2D eigenvalue weighted by atomic mass is 32.2. The highest BCUT2D eigenvalue weighted by Gasteiger charge is 2.32. The van der Waals surface area contributed by atoms with E-state index in [1.165, 1.54) is 14.0 Å². The molecule has 0 aromatic carbocycles. The molecule has 0 aliphatic rings. The minimum atomic E-state index is -3.83. The molecule has 0 aromatic rings. The minimum Gasteiger partial charge on any atom is -0.480 e. The molecule has 0 saturated heterocycles. The van der Waals surface area contributed by atoms with Gasteiger partial charge in [-0.25, -0.2) is 0 Å². The van der Waals surface area contributed by atoms with E-state index in [0.717, 1.165) is 8.61 Å². The fourth-order valence-electron chi connectivity index (χ4n) is 1.15. The smallest absolute Gasteiger partial charge is 0.321 e. The predicted octanol–water partition coefficient (Wildman–Crippen LogP) is -0.128. The van der Waals surface area contributed by atoms with Gasteiger partial charge in [-0.2, -0.15) is 22.3 Å². The zero-order valence-electron chi connectivity index (χ0n) is 10.1. The van der Waals surface area contributed by atoms with Crippen molar-refractivity contribution in [3.05, 3.63) is 0 Å². The first-order valence-electron chi connectivity index (χ1n) is 5.11. The number of carbonyl (C=O) groups is 1. The minimum absolute atomic E-state index is 0.0615. The standard InChI is InChI=1S/C9H17N3O4S/c1-4-12(7-5-6-10)17(15,16)11(3)8(2)9(13)14/h8H,4-5,7H2,1-3H3,(H,13,14). The number of aliphatic carboxylic acids is 1. The summed E-state index contributed by atoms with van der Waals surface area (Å²) in [5.74, 6) is -1.22. The van der Waals surface area contributed by atoms with Gasteiger partial charge in [-0.3, -0.25) is 4.79 Å². The van der Waals surface area contributed by atoms with Gasteiger partial charge >= 0.3 is 5.97 Å². The van der Waals surface area contributed by atoms with Crippen LogP contribution in [0.15, 0.2) is 0 Å². The molecule has 0 fully saturated rings. The second-order valence-corrected chi connectivity index (χ2v) is 5.43. The van der Waals surface area contributed by atoms with Crippen LogP contribution in [0.25, 0.3) is 0 Å². The van der Waals surface area contributed by atoms with E-state index in [-0.39, 0.29) is 19.5 Å². The Hall–Kier alpha value is -1.17. The second-order valence-electron chi connectivity index (χ2n) is 3.44. The molecule has 0 aliphatic heterocycles. The van der Waals surface area contributed by atoms with Crippen molar-refractivity contribution in [1.82, 2.24) is 8.61 Å². The monoisotopic (exact) mass is 263 g/mol. The second kappa shape index (κ2) is 6.54. The summed E-state index contributed by atoms with van der Waals surface area (Å²) in [7, 11) is -2.62. The molecule has 0 saturated carbocycles. The van der Waals surface area contributed by atoms with Crippen LogP contribution in [0.3, 0.4) is 0 Å². The summed E-state index contributed by atoms with van der Waals surface area (Å²) < 4.78 is 25.9. The molecule has 0 heterocycles. The SMILES string of the molecule is CCN(CCC#N)S(=O)(=O)N(C)C(C)C(=O)O. The van der Waals surface area contributed by atoms with Gasteiger partial charge in [0.15, 0.2) is 0 Å². The lowest BCUT2D eigenvalue weighted by Crippen LogP contribution is -2.48. The zero-order chi connectivity index (χ0) is 13.6. The Labute approximate surface area is 101 Å². The maximum atomic E-state index is 12.0. The molecule has 0 rings (SSSR count). The van der Waals surface area contributed by atoms with Gasteiger partial charge in [0.1, 0.15) is 6.04 Å². The lowest BCUT2D eigenvalue weighted by Gasteiger charge is -2.28.